The molecule has 6 heteroatoms. The lowest BCUT2D eigenvalue weighted by Gasteiger charge is -2.04. The van der Waals surface area contributed by atoms with Gasteiger partial charge >= 0.3 is 5.97 Å². The molecule has 5 nitrogen and oxygen atoms in total. The van der Waals surface area contributed by atoms with Crippen molar-refractivity contribution in [3.63, 3.8) is 0 Å². The first kappa shape index (κ1) is 12.5. The summed E-state index contributed by atoms with van der Waals surface area (Å²) in [6.07, 6.45) is 1.26. The predicted molar refractivity (Wildman–Crippen MR) is 62.2 cm³/mol. The number of nitrogens with zero attached hydrogens (tertiary/aromatic N) is 1. The van der Waals surface area contributed by atoms with Crippen LogP contribution in [-0.2, 0) is 0 Å². The van der Waals surface area contributed by atoms with E-state index >= 15 is 0 Å². The maximum Gasteiger partial charge on any atom is 0.337 e. The number of nitrogens with one attached hydrogen (secondary N) is 1. The van der Waals surface area contributed by atoms with Gasteiger partial charge in [0.15, 0.2) is 0 Å². The fourth-order valence-electron chi connectivity index (χ4n) is 0.931. The molecule has 3 N–H and O–H groups in total. The summed E-state index contributed by atoms with van der Waals surface area (Å²) in [5.74, 6) is 4.62. The minimum absolute atomic E-state index is 0.110. The molecule has 0 aliphatic heterocycles. The van der Waals surface area contributed by atoms with Crippen LogP contribution in [-0.4, -0.2) is 34.3 Å². The molecule has 0 radical (unpaired) electrons. The Morgan fingerprint density at radius 2 is 2.31 bits per heavy atom. The molecule has 1 rings (SSSR count). The molecule has 0 amide bonds. The highest BCUT2D eigenvalue weighted by Gasteiger charge is 2.07. The van der Waals surface area contributed by atoms with E-state index in [-0.39, 0.29) is 12.2 Å². The van der Waals surface area contributed by atoms with E-state index in [1.54, 1.807) is 0 Å². The number of pyridine rings is 1. The SMILES string of the molecule is O=C(O)c1cnc(NCC#CCO)c(Br)c1. The van der Waals surface area contributed by atoms with Crippen molar-refractivity contribution in [3.8, 4) is 11.8 Å². The van der Waals surface area contributed by atoms with Crippen LogP contribution < -0.4 is 5.32 Å². The number of aliphatic hydroxyl groups excluding tert-OH is 1. The molecular weight excluding hydrogens is 276 g/mol. The number of aliphatic hydroxyl groups is 1. The highest BCUT2D eigenvalue weighted by atomic mass is 79.9. The Bertz CT molecular complexity index is 451. The first-order valence-corrected chi connectivity index (χ1v) is 5.13. The number of hydrogen-bond donors (Lipinski definition) is 3. The second kappa shape index (κ2) is 6.10. The van der Waals surface area contributed by atoms with Gasteiger partial charge in [-0.05, 0) is 22.0 Å². The van der Waals surface area contributed by atoms with Crippen molar-refractivity contribution < 1.29 is 15.0 Å². The second-order valence-electron chi connectivity index (χ2n) is 2.72. The van der Waals surface area contributed by atoms with E-state index in [2.05, 4.69) is 38.1 Å². The molecule has 0 fully saturated rings. The third kappa shape index (κ3) is 3.53. The Labute approximate surface area is 101 Å². The average Bonchev–Trinajstić information content (AvgIpc) is 2.26. The minimum Gasteiger partial charge on any atom is -0.478 e. The van der Waals surface area contributed by atoms with Gasteiger partial charge in [-0.15, -0.1) is 0 Å². The molecule has 16 heavy (non-hydrogen) atoms. The number of rotatable bonds is 3. The van der Waals surface area contributed by atoms with Gasteiger partial charge in [-0.2, -0.15) is 0 Å². The third-order valence-corrected chi connectivity index (χ3v) is 2.24. The Hall–Kier alpha value is -1.58. The number of aromatic carboxylic acids is 1. The van der Waals surface area contributed by atoms with Gasteiger partial charge in [-0.3, -0.25) is 0 Å². The van der Waals surface area contributed by atoms with Crippen LogP contribution in [0.4, 0.5) is 5.82 Å². The number of carbonyl (C=O) groups is 1. The molecule has 0 atom stereocenters. The Kier molecular flexibility index (Phi) is 4.76. The van der Waals surface area contributed by atoms with Gasteiger partial charge in [-0.25, -0.2) is 9.78 Å². The van der Waals surface area contributed by atoms with Crippen molar-refractivity contribution in [1.82, 2.24) is 4.98 Å². The van der Waals surface area contributed by atoms with Crippen LogP contribution in [0.15, 0.2) is 16.7 Å². The third-order valence-electron chi connectivity index (χ3n) is 1.64. The molecule has 1 aromatic rings. The molecule has 0 aliphatic carbocycles. The zero-order valence-corrected chi connectivity index (χ0v) is 9.78. The summed E-state index contributed by atoms with van der Waals surface area (Å²) in [4.78, 5) is 14.6. The predicted octanol–water partition coefficient (Wildman–Crippen LogP) is 0.950. The highest BCUT2D eigenvalue weighted by molar-refractivity contribution is 9.10. The van der Waals surface area contributed by atoms with Crippen molar-refractivity contribution in [2.24, 2.45) is 0 Å². The van der Waals surface area contributed by atoms with Crippen molar-refractivity contribution in [2.45, 2.75) is 0 Å². The molecule has 0 spiro atoms. The molecule has 84 valence electrons. The molecule has 0 saturated carbocycles. The maximum atomic E-state index is 10.6. The fraction of sp³-hybridized carbons (Fsp3) is 0.200. The minimum atomic E-state index is -1.03. The van der Waals surface area contributed by atoms with Gasteiger partial charge < -0.3 is 15.5 Å². The Balaban J connectivity index is 2.72. The van der Waals surface area contributed by atoms with E-state index in [0.29, 0.717) is 16.8 Å². The van der Waals surface area contributed by atoms with E-state index in [4.69, 9.17) is 10.2 Å². The lowest BCUT2D eigenvalue weighted by Crippen LogP contribution is -2.04. The van der Waals surface area contributed by atoms with Crippen LogP contribution in [0.25, 0.3) is 0 Å². The van der Waals surface area contributed by atoms with Crippen LogP contribution in [0.3, 0.4) is 0 Å². The smallest absolute Gasteiger partial charge is 0.337 e. The zero-order chi connectivity index (χ0) is 12.0. The number of aromatic nitrogens is 1. The van der Waals surface area contributed by atoms with Crippen LogP contribution in [0.5, 0.6) is 0 Å². The van der Waals surface area contributed by atoms with Crippen LogP contribution >= 0.6 is 15.9 Å². The standard InChI is InChI=1S/C10H9BrN2O3/c11-8-5-7(10(15)16)6-13-9(8)12-3-1-2-4-14/h5-6,14H,3-4H2,(H,12,13)(H,15,16). The number of carboxylic acid groups (broad SMARTS) is 1. The van der Waals surface area contributed by atoms with Crippen molar-refractivity contribution in [3.05, 3.63) is 22.3 Å². The van der Waals surface area contributed by atoms with Crippen molar-refractivity contribution >= 4 is 27.7 Å². The van der Waals surface area contributed by atoms with Crippen LogP contribution in [0, 0.1) is 11.8 Å². The van der Waals surface area contributed by atoms with Gasteiger partial charge in [0.25, 0.3) is 0 Å². The largest absolute Gasteiger partial charge is 0.478 e. The van der Waals surface area contributed by atoms with E-state index in [0.717, 1.165) is 0 Å². The molecule has 0 aliphatic rings. The zero-order valence-electron chi connectivity index (χ0n) is 8.20. The molecule has 1 aromatic heterocycles. The Morgan fingerprint density at radius 3 is 2.88 bits per heavy atom. The normalized spacial score (nSPS) is 9.12. The molecular formula is C10H9BrN2O3. The van der Waals surface area contributed by atoms with Gasteiger partial charge in [0.05, 0.1) is 16.6 Å². The number of hydrogen-bond acceptors (Lipinski definition) is 4. The second-order valence-corrected chi connectivity index (χ2v) is 3.58. The number of halogens is 1. The summed E-state index contributed by atoms with van der Waals surface area (Å²) in [5, 5.41) is 20.0. The Morgan fingerprint density at radius 1 is 1.56 bits per heavy atom. The summed E-state index contributed by atoms with van der Waals surface area (Å²) in [6, 6.07) is 1.46. The van der Waals surface area contributed by atoms with Gasteiger partial charge in [0, 0.05) is 6.20 Å². The van der Waals surface area contributed by atoms with Crippen LogP contribution in [0.2, 0.25) is 0 Å². The summed E-state index contributed by atoms with van der Waals surface area (Å²) in [5.41, 5.74) is 0.110. The van der Waals surface area contributed by atoms with Gasteiger partial charge in [0.1, 0.15) is 12.4 Å². The van der Waals surface area contributed by atoms with Crippen LogP contribution in [0.1, 0.15) is 10.4 Å². The summed E-state index contributed by atoms with van der Waals surface area (Å²) >= 11 is 3.20. The monoisotopic (exact) mass is 284 g/mol. The van der Waals surface area contributed by atoms with Gasteiger partial charge in [0.2, 0.25) is 0 Å². The quantitative estimate of drug-likeness (QED) is 0.720. The fourth-order valence-corrected chi connectivity index (χ4v) is 1.42. The molecule has 0 unspecified atom stereocenters. The van der Waals surface area contributed by atoms with E-state index in [1.807, 2.05) is 0 Å². The average molecular weight is 285 g/mol. The summed E-state index contributed by atoms with van der Waals surface area (Å²) in [6.45, 7) is 0.146. The molecule has 0 bridgehead atoms. The van der Waals surface area contributed by atoms with E-state index in [1.165, 1.54) is 12.3 Å². The summed E-state index contributed by atoms with van der Waals surface area (Å²) < 4.78 is 0.554. The van der Waals surface area contributed by atoms with Crippen molar-refractivity contribution in [2.75, 3.05) is 18.5 Å². The summed E-state index contributed by atoms with van der Waals surface area (Å²) in [7, 11) is 0. The van der Waals surface area contributed by atoms with E-state index < -0.39 is 5.97 Å². The number of anilines is 1. The topological polar surface area (TPSA) is 82.5 Å². The molecule has 1 heterocycles. The first-order valence-electron chi connectivity index (χ1n) is 4.34. The first-order chi connectivity index (χ1) is 7.65. The highest BCUT2D eigenvalue weighted by Crippen LogP contribution is 2.20. The maximum absolute atomic E-state index is 10.6. The molecule has 0 aromatic carbocycles. The molecule has 0 saturated heterocycles. The van der Waals surface area contributed by atoms with Crippen molar-refractivity contribution in [1.29, 1.82) is 0 Å². The van der Waals surface area contributed by atoms with E-state index in [9.17, 15) is 4.79 Å². The lowest BCUT2D eigenvalue weighted by atomic mass is 10.3. The van der Waals surface area contributed by atoms with Gasteiger partial charge in [-0.1, -0.05) is 11.8 Å². The number of carboxylic acids is 1. The lowest BCUT2D eigenvalue weighted by molar-refractivity contribution is 0.0696.